The molecular weight excluding hydrogens is 1170 g/mol. The van der Waals surface area contributed by atoms with E-state index in [0.717, 1.165) is 23.1 Å². The first-order chi connectivity index (χ1) is 42.4. The van der Waals surface area contributed by atoms with Crippen LogP contribution >= 0.6 is 24.4 Å². The molecule has 28 nitrogen and oxygen atoms in total. The van der Waals surface area contributed by atoms with Crippen LogP contribution in [-0.2, 0) is 51.2 Å². The number of aliphatic hydroxyl groups excluding tert-OH is 1. The number of thioether (sulfide) groups is 1. The van der Waals surface area contributed by atoms with E-state index in [1.807, 2.05) is 24.3 Å². The topological polar surface area (TPSA) is 443 Å². The van der Waals surface area contributed by atoms with Crippen LogP contribution in [0.15, 0.2) is 48.0 Å². The van der Waals surface area contributed by atoms with Gasteiger partial charge in [0.2, 0.25) is 47.3 Å². The van der Waals surface area contributed by atoms with Gasteiger partial charge in [-0.3, -0.25) is 43.3 Å². The first-order valence-electron chi connectivity index (χ1n) is 30.6. The third kappa shape index (κ3) is 23.1. The first-order valence-corrected chi connectivity index (χ1v) is 32.3. The normalized spacial score (nSPS) is 16.8. The Morgan fingerprint density at radius 1 is 0.739 bits per heavy atom. The summed E-state index contributed by atoms with van der Waals surface area (Å²) in [4.78, 5) is 142. The number of rotatable bonds is 43. The third-order valence-electron chi connectivity index (χ3n) is 15.6. The maximum absolute atomic E-state index is 14.9. The Hall–Kier alpha value is -7.15. The summed E-state index contributed by atoms with van der Waals surface area (Å²) in [5.74, 6) is -3.37. The van der Waals surface area contributed by atoms with Gasteiger partial charge in [0.15, 0.2) is 5.96 Å². The van der Waals surface area contributed by atoms with Crippen LogP contribution in [0.3, 0.4) is 0 Å². The van der Waals surface area contributed by atoms with Crippen molar-refractivity contribution < 1.29 is 48.3 Å². The second-order valence-corrected chi connectivity index (χ2v) is 23.9. The number of fused-ring (bicyclic) bond motifs is 2. The first kappa shape index (κ1) is 71.6. The highest BCUT2D eigenvalue weighted by Gasteiger charge is 2.43. The highest BCUT2D eigenvalue weighted by atomic mass is 32.2. The van der Waals surface area contributed by atoms with Gasteiger partial charge in [0.1, 0.15) is 24.2 Å². The van der Waals surface area contributed by atoms with E-state index in [2.05, 4.69) is 64.5 Å². The molecule has 5 rings (SSSR count). The molecule has 30 heteroatoms. The number of carbonyl (C=O) groups excluding carboxylic acids is 9. The van der Waals surface area contributed by atoms with Gasteiger partial charge in [0.05, 0.1) is 24.5 Å². The molecule has 2 saturated heterocycles. The number of para-hydroxylation sites is 1. The predicted molar refractivity (Wildman–Crippen MR) is 340 cm³/mol. The number of imidazole rings is 1. The number of unbranched alkanes of at least 4 members (excludes halogenated alkanes) is 5. The van der Waals surface area contributed by atoms with E-state index in [1.54, 1.807) is 18.0 Å². The number of aromatic amines is 2. The molecule has 19 N–H and O–H groups in total. The number of amides is 10. The molecule has 488 valence electrons. The molecule has 2 aliphatic heterocycles. The Labute approximate surface area is 524 Å². The fraction of sp³-hybridized carbons (Fsp3) is 0.638. The van der Waals surface area contributed by atoms with E-state index < -0.39 is 71.6 Å². The average molecular weight is 1270 g/mol. The number of guanidine groups is 1. The van der Waals surface area contributed by atoms with Gasteiger partial charge < -0.3 is 90.3 Å². The smallest absolute Gasteiger partial charge is 0.315 e. The van der Waals surface area contributed by atoms with Crippen molar-refractivity contribution >= 4 is 94.5 Å². The van der Waals surface area contributed by atoms with Crippen LogP contribution in [-0.4, -0.2) is 212 Å². The molecule has 0 saturated carbocycles. The minimum absolute atomic E-state index is 0.0103. The molecule has 2 aromatic heterocycles. The van der Waals surface area contributed by atoms with Crippen molar-refractivity contribution in [3.63, 3.8) is 0 Å². The molecule has 4 heterocycles. The maximum Gasteiger partial charge on any atom is 0.315 e. The van der Waals surface area contributed by atoms with Crippen LogP contribution < -0.4 is 60.6 Å². The number of carbonyl (C=O) groups is 9. The molecule has 8 atom stereocenters. The molecule has 3 aromatic rings. The van der Waals surface area contributed by atoms with Gasteiger partial charge in [0, 0.05) is 124 Å². The largest absolute Gasteiger partial charge is 0.391 e. The second kappa shape index (κ2) is 38.3. The zero-order valence-electron chi connectivity index (χ0n) is 50.6. The summed E-state index contributed by atoms with van der Waals surface area (Å²) in [6.07, 6.45) is 9.57. The van der Waals surface area contributed by atoms with E-state index in [-0.39, 0.29) is 125 Å². The van der Waals surface area contributed by atoms with Gasteiger partial charge in [-0.25, -0.2) is 9.78 Å². The summed E-state index contributed by atoms with van der Waals surface area (Å²) in [5, 5.41) is 28.9. The van der Waals surface area contributed by atoms with Gasteiger partial charge in [0.25, 0.3) is 0 Å². The fourth-order valence-electron chi connectivity index (χ4n) is 11.0. The molecule has 0 aliphatic carbocycles. The van der Waals surface area contributed by atoms with Crippen molar-refractivity contribution in [2.45, 2.75) is 164 Å². The summed E-state index contributed by atoms with van der Waals surface area (Å²) in [6.45, 7) is 1.53. The fourth-order valence-corrected chi connectivity index (χ4v) is 12.7. The molecule has 0 bridgehead atoms. The lowest BCUT2D eigenvalue weighted by molar-refractivity contribution is -0.142. The van der Waals surface area contributed by atoms with Gasteiger partial charge in [-0.15, -0.1) is 0 Å². The van der Waals surface area contributed by atoms with Crippen LogP contribution in [0.25, 0.3) is 10.9 Å². The summed E-state index contributed by atoms with van der Waals surface area (Å²) in [7, 11) is 0. The van der Waals surface area contributed by atoms with Crippen molar-refractivity contribution in [3.05, 3.63) is 54.2 Å². The SMILES string of the molecule is CC(O)C(NC(=O)CCCCC1SCC2NC(=O)NC21)C(=O)NCCN(C(=O)CCS)C(Cc1c[nH]c2ccccc12)C(=O)NCCN(C(=O)CCCCCN)C(Cc1cnc[nH]1)C(=O)NCCN(C(=O)CCCCN=C(N)N)C(CCCCN)C(N)=O. The third-order valence-corrected chi connectivity index (χ3v) is 17.4. The molecule has 2 aliphatic rings. The minimum atomic E-state index is -1.33. The van der Waals surface area contributed by atoms with E-state index >= 15 is 0 Å². The summed E-state index contributed by atoms with van der Waals surface area (Å²) >= 11 is 6.12. The lowest BCUT2D eigenvalue weighted by Crippen LogP contribution is -2.57. The Balaban J connectivity index is 1.33. The quantitative estimate of drug-likeness (QED) is 0.0107. The van der Waals surface area contributed by atoms with Crippen molar-refractivity contribution in [2.24, 2.45) is 33.7 Å². The molecule has 88 heavy (non-hydrogen) atoms. The van der Waals surface area contributed by atoms with Crippen molar-refractivity contribution in [1.29, 1.82) is 0 Å². The van der Waals surface area contributed by atoms with Crippen LogP contribution in [0.5, 0.6) is 0 Å². The van der Waals surface area contributed by atoms with Gasteiger partial charge in [-0.05, 0) is 95.2 Å². The lowest BCUT2D eigenvalue weighted by atomic mass is 10.0. The number of hydrogen-bond donors (Lipinski definition) is 15. The predicted octanol–water partition coefficient (Wildman–Crippen LogP) is -0.895. The van der Waals surface area contributed by atoms with Crippen molar-refractivity contribution in [3.8, 4) is 0 Å². The van der Waals surface area contributed by atoms with E-state index in [9.17, 15) is 48.3 Å². The van der Waals surface area contributed by atoms with Gasteiger partial charge in [-0.2, -0.15) is 24.4 Å². The lowest BCUT2D eigenvalue weighted by Gasteiger charge is -2.34. The Morgan fingerprint density at radius 3 is 1.95 bits per heavy atom. The minimum Gasteiger partial charge on any atom is -0.391 e. The van der Waals surface area contributed by atoms with E-state index in [4.69, 9.17) is 28.7 Å². The highest BCUT2D eigenvalue weighted by Crippen LogP contribution is 2.33. The molecule has 10 amide bonds. The van der Waals surface area contributed by atoms with Crippen LogP contribution in [0.4, 0.5) is 4.79 Å². The number of thiol groups is 1. The number of nitrogens with one attached hydrogen (secondary N) is 8. The van der Waals surface area contributed by atoms with Crippen LogP contribution in [0.2, 0.25) is 0 Å². The summed E-state index contributed by atoms with van der Waals surface area (Å²) in [6, 6.07) is 2.72. The molecular formula is C58H94N18O10S2. The number of hydrogen-bond acceptors (Lipinski definition) is 16. The monoisotopic (exact) mass is 1270 g/mol. The molecule has 1 aromatic carbocycles. The number of nitrogens with zero attached hydrogens (tertiary/aromatic N) is 5. The van der Waals surface area contributed by atoms with Crippen LogP contribution in [0.1, 0.15) is 114 Å². The zero-order chi connectivity index (χ0) is 64.0. The number of aliphatic imine (C=N–C) groups is 1. The molecule has 0 radical (unpaired) electrons. The number of aromatic nitrogens is 3. The molecule has 8 unspecified atom stereocenters. The Bertz CT molecular complexity index is 2750. The Morgan fingerprint density at radius 2 is 1.34 bits per heavy atom. The number of nitrogens with two attached hydrogens (primary N) is 5. The number of aliphatic hydroxyl groups is 1. The van der Waals surface area contributed by atoms with Crippen LogP contribution in [0, 0.1) is 0 Å². The second-order valence-electron chi connectivity index (χ2n) is 22.2. The standard InChI is InChI=1S/C58H94N18O10S2/c1-37(77)51(72-47(78)17-7-6-16-46-52-42(35-88-46)71-58(86)73-52)56(85)67-26-29-75(50(81)20-30-87)44(31-38-33-69-41-14-5-4-13-40(38)41)54(83)65-25-28-76(49(80)18-3-2-10-21-59)45(32-39-34-64-36-70-39)55(84)66-24-27-74(43(53(61)82)15-8-11-22-60)48(79)19-9-12-23-68-57(62)63/h4-5,13-14,33-34,36-37,42-46,51-52,69,77,87H,2-3,6-12,15-32,35,59-60H2,1H3,(H2,61,82)(H,64,70)(H,65,83)(H,66,84)(H,67,85)(H,72,78)(H4,62,63,68)(H2,71,73,86). The number of H-pyrrole nitrogens is 2. The van der Waals surface area contributed by atoms with E-state index in [1.165, 1.54) is 34.1 Å². The van der Waals surface area contributed by atoms with Gasteiger partial charge >= 0.3 is 6.03 Å². The number of primary amides is 1. The summed E-state index contributed by atoms with van der Waals surface area (Å²) in [5.41, 5.74) is 30.4. The van der Waals surface area contributed by atoms with Gasteiger partial charge in [-0.1, -0.05) is 31.0 Å². The van der Waals surface area contributed by atoms with Crippen molar-refractivity contribution in [2.75, 3.05) is 70.4 Å². The molecule has 2 fully saturated rings. The van der Waals surface area contributed by atoms with E-state index in [0.29, 0.717) is 88.7 Å². The molecule has 0 spiro atoms. The maximum atomic E-state index is 14.9. The summed E-state index contributed by atoms with van der Waals surface area (Å²) < 4.78 is 0. The highest BCUT2D eigenvalue weighted by molar-refractivity contribution is 8.00. The Kier molecular flexibility index (Phi) is 31.2. The average Bonchev–Trinajstić information content (AvgIpc) is 2.48. The van der Waals surface area contributed by atoms with Crippen molar-refractivity contribution in [1.82, 2.24) is 61.6 Å². The zero-order valence-corrected chi connectivity index (χ0v) is 52.3. The number of benzene rings is 1. The number of urea groups is 1.